The number of hydrogen-bond donors (Lipinski definition) is 1. The SMILES string of the molecule is COCCN(C)CC(O)COc1ccc(C2CCCCCC(c3cccc(Cl)c3)=C2C)cc1. The van der Waals surface area contributed by atoms with Gasteiger partial charge >= 0.3 is 0 Å². The summed E-state index contributed by atoms with van der Waals surface area (Å²) in [5.74, 6) is 1.19. The van der Waals surface area contributed by atoms with Gasteiger partial charge in [-0.05, 0) is 74.2 Å². The van der Waals surface area contributed by atoms with Crippen molar-refractivity contribution < 1.29 is 14.6 Å². The summed E-state index contributed by atoms with van der Waals surface area (Å²) < 4.78 is 10.9. The van der Waals surface area contributed by atoms with Crippen molar-refractivity contribution in [3.05, 3.63) is 70.3 Å². The smallest absolute Gasteiger partial charge is 0.119 e. The third kappa shape index (κ3) is 7.86. The summed E-state index contributed by atoms with van der Waals surface area (Å²) in [5, 5.41) is 11.1. The number of rotatable bonds is 10. The molecule has 3 rings (SSSR count). The van der Waals surface area contributed by atoms with Crippen molar-refractivity contribution in [2.45, 2.75) is 51.0 Å². The number of aliphatic hydroxyl groups excluding tert-OH is 1. The molecule has 1 aliphatic carbocycles. The third-order valence-corrected chi connectivity index (χ3v) is 6.75. The molecule has 5 heteroatoms. The van der Waals surface area contributed by atoms with Gasteiger partial charge in [0.25, 0.3) is 0 Å². The Hall–Kier alpha value is -1.85. The topological polar surface area (TPSA) is 41.9 Å². The highest BCUT2D eigenvalue weighted by Gasteiger charge is 2.20. The Kier molecular flexibility index (Phi) is 10.3. The van der Waals surface area contributed by atoms with Crippen LogP contribution in [0.25, 0.3) is 5.57 Å². The van der Waals surface area contributed by atoms with Crippen molar-refractivity contribution in [3.8, 4) is 5.75 Å². The highest BCUT2D eigenvalue weighted by molar-refractivity contribution is 6.30. The van der Waals surface area contributed by atoms with Crippen LogP contribution in [0.3, 0.4) is 0 Å². The number of benzene rings is 2. The molecule has 2 aromatic carbocycles. The molecule has 2 aromatic rings. The first-order valence-corrected chi connectivity index (χ1v) is 12.4. The Labute approximate surface area is 204 Å². The van der Waals surface area contributed by atoms with E-state index in [9.17, 15) is 5.11 Å². The molecule has 2 atom stereocenters. The zero-order chi connectivity index (χ0) is 23.6. The van der Waals surface area contributed by atoms with Crippen molar-refractivity contribution in [2.24, 2.45) is 0 Å². The molecule has 2 unspecified atom stereocenters. The van der Waals surface area contributed by atoms with Gasteiger partial charge in [-0.2, -0.15) is 0 Å². The summed E-state index contributed by atoms with van der Waals surface area (Å²) >= 11 is 6.30. The van der Waals surface area contributed by atoms with Crippen LogP contribution in [0.15, 0.2) is 54.1 Å². The molecule has 0 aromatic heterocycles. The van der Waals surface area contributed by atoms with Crippen LogP contribution in [0.2, 0.25) is 5.02 Å². The Balaban J connectivity index is 1.68. The first-order chi connectivity index (χ1) is 16.0. The Morgan fingerprint density at radius 1 is 1.12 bits per heavy atom. The van der Waals surface area contributed by atoms with Crippen LogP contribution in [0.4, 0.5) is 0 Å². The van der Waals surface area contributed by atoms with E-state index in [0.717, 1.165) is 30.2 Å². The van der Waals surface area contributed by atoms with Gasteiger partial charge < -0.3 is 19.5 Å². The predicted octanol–water partition coefficient (Wildman–Crippen LogP) is 6.18. The van der Waals surface area contributed by atoms with Gasteiger partial charge in [0.2, 0.25) is 0 Å². The molecule has 0 saturated heterocycles. The summed E-state index contributed by atoms with van der Waals surface area (Å²) in [6, 6.07) is 16.7. The molecule has 0 heterocycles. The maximum Gasteiger partial charge on any atom is 0.119 e. The number of halogens is 1. The monoisotopic (exact) mass is 471 g/mol. The van der Waals surface area contributed by atoms with Gasteiger partial charge in [-0.25, -0.2) is 0 Å². The minimum absolute atomic E-state index is 0.276. The maximum absolute atomic E-state index is 10.3. The molecule has 0 spiro atoms. The van der Waals surface area contributed by atoms with E-state index in [1.54, 1.807) is 7.11 Å². The second-order valence-electron chi connectivity index (χ2n) is 9.11. The molecular weight excluding hydrogens is 434 g/mol. The number of nitrogens with zero attached hydrogens (tertiary/aromatic N) is 1. The summed E-state index contributed by atoms with van der Waals surface area (Å²) in [5.41, 5.74) is 5.45. The van der Waals surface area contributed by atoms with E-state index in [-0.39, 0.29) is 6.61 Å². The number of hydrogen-bond acceptors (Lipinski definition) is 4. The van der Waals surface area contributed by atoms with Crippen molar-refractivity contribution in [1.29, 1.82) is 0 Å². The van der Waals surface area contributed by atoms with Crippen molar-refractivity contribution >= 4 is 17.2 Å². The normalized spacial score (nSPS) is 18.2. The second kappa shape index (κ2) is 13.1. The van der Waals surface area contributed by atoms with Gasteiger partial charge in [0.15, 0.2) is 0 Å². The molecule has 0 fully saturated rings. The highest BCUT2D eigenvalue weighted by Crippen LogP contribution is 2.39. The summed E-state index contributed by atoms with van der Waals surface area (Å²) in [7, 11) is 3.66. The lowest BCUT2D eigenvalue weighted by molar-refractivity contribution is 0.0668. The molecule has 1 N–H and O–H groups in total. The molecule has 33 heavy (non-hydrogen) atoms. The van der Waals surface area contributed by atoms with Crippen LogP contribution in [0, 0.1) is 0 Å². The average molecular weight is 472 g/mol. The molecule has 0 amide bonds. The quantitative estimate of drug-likeness (QED) is 0.449. The predicted molar refractivity (Wildman–Crippen MR) is 137 cm³/mol. The number of allylic oxidation sites excluding steroid dienone is 2. The third-order valence-electron chi connectivity index (χ3n) is 6.52. The van der Waals surface area contributed by atoms with E-state index < -0.39 is 6.10 Å². The van der Waals surface area contributed by atoms with Gasteiger partial charge in [0, 0.05) is 31.1 Å². The van der Waals surface area contributed by atoms with E-state index >= 15 is 0 Å². The lowest BCUT2D eigenvalue weighted by Crippen LogP contribution is -2.34. The van der Waals surface area contributed by atoms with Gasteiger partial charge in [-0.3, -0.25) is 0 Å². The number of aliphatic hydroxyl groups is 1. The standard InChI is InChI=1S/C28H38ClNO3/c1-21-27(10-5-4-6-11-28(21)23-8-7-9-24(29)18-23)22-12-14-26(15-13-22)33-20-25(31)19-30(2)16-17-32-3/h7-9,12-15,18,25,27,31H,4-6,10-11,16-17,19-20H2,1-3H3. The fourth-order valence-electron chi connectivity index (χ4n) is 4.66. The molecule has 0 saturated carbocycles. The number of ether oxygens (including phenoxy) is 2. The lowest BCUT2D eigenvalue weighted by Gasteiger charge is -2.25. The minimum atomic E-state index is -0.539. The Bertz CT molecular complexity index is 896. The maximum atomic E-state index is 10.3. The first kappa shape index (κ1) is 25.8. The molecule has 0 aliphatic heterocycles. The van der Waals surface area contributed by atoms with E-state index in [1.807, 2.05) is 36.2 Å². The fourth-order valence-corrected chi connectivity index (χ4v) is 4.85. The van der Waals surface area contributed by atoms with E-state index in [1.165, 1.54) is 41.5 Å². The summed E-state index contributed by atoms with van der Waals surface area (Å²) in [6.07, 6.45) is 5.44. The van der Waals surface area contributed by atoms with E-state index in [0.29, 0.717) is 19.1 Å². The number of likely N-dealkylation sites (N-methyl/N-ethyl adjacent to an activating group) is 1. The molecule has 0 bridgehead atoms. The second-order valence-corrected chi connectivity index (χ2v) is 9.55. The zero-order valence-corrected chi connectivity index (χ0v) is 21.0. The van der Waals surface area contributed by atoms with Crippen LogP contribution < -0.4 is 4.74 Å². The summed E-state index contributed by atoms with van der Waals surface area (Å²) in [6.45, 7) is 4.55. The zero-order valence-electron chi connectivity index (χ0n) is 20.2. The van der Waals surface area contributed by atoms with Crippen molar-refractivity contribution in [2.75, 3.05) is 40.5 Å². The van der Waals surface area contributed by atoms with Crippen molar-refractivity contribution in [1.82, 2.24) is 4.90 Å². The van der Waals surface area contributed by atoms with Gasteiger partial charge in [0.1, 0.15) is 18.5 Å². The van der Waals surface area contributed by atoms with Crippen LogP contribution in [0.1, 0.15) is 56.1 Å². The van der Waals surface area contributed by atoms with Gasteiger partial charge in [-0.15, -0.1) is 0 Å². The van der Waals surface area contributed by atoms with Gasteiger partial charge in [0.05, 0.1) is 6.61 Å². The number of methoxy groups -OCH3 is 1. The molecule has 4 nitrogen and oxygen atoms in total. The van der Waals surface area contributed by atoms with Crippen molar-refractivity contribution in [3.63, 3.8) is 0 Å². The van der Waals surface area contributed by atoms with Crippen LogP contribution in [-0.2, 0) is 4.74 Å². The average Bonchev–Trinajstić information content (AvgIpc) is 2.80. The largest absolute Gasteiger partial charge is 0.491 e. The molecular formula is C28H38ClNO3. The molecule has 1 aliphatic rings. The van der Waals surface area contributed by atoms with Crippen LogP contribution in [-0.4, -0.2) is 56.6 Å². The fraction of sp³-hybridized carbons (Fsp3) is 0.500. The Morgan fingerprint density at radius 3 is 2.64 bits per heavy atom. The summed E-state index contributed by atoms with van der Waals surface area (Å²) in [4.78, 5) is 2.04. The Morgan fingerprint density at radius 2 is 1.91 bits per heavy atom. The van der Waals surface area contributed by atoms with E-state index in [4.69, 9.17) is 21.1 Å². The molecule has 180 valence electrons. The lowest BCUT2D eigenvalue weighted by atomic mass is 9.80. The van der Waals surface area contributed by atoms with Crippen LogP contribution in [0.5, 0.6) is 5.75 Å². The minimum Gasteiger partial charge on any atom is -0.491 e. The first-order valence-electron chi connectivity index (χ1n) is 12.0. The highest BCUT2D eigenvalue weighted by atomic mass is 35.5. The van der Waals surface area contributed by atoms with Gasteiger partial charge in [-0.1, -0.05) is 54.3 Å². The molecule has 0 radical (unpaired) electrons. The van der Waals surface area contributed by atoms with E-state index in [2.05, 4.69) is 31.2 Å². The van der Waals surface area contributed by atoms with Crippen LogP contribution >= 0.6 is 11.6 Å².